The first-order valence-electron chi connectivity index (χ1n) is 7.03. The van der Waals surface area contributed by atoms with Crippen molar-refractivity contribution in [1.82, 2.24) is 0 Å². The molecule has 0 N–H and O–H groups in total. The van der Waals surface area contributed by atoms with Gasteiger partial charge < -0.3 is 4.74 Å². The average Bonchev–Trinajstić information content (AvgIpc) is 2.55. The predicted molar refractivity (Wildman–Crippen MR) is 84.4 cm³/mol. The van der Waals surface area contributed by atoms with Crippen LogP contribution in [0.25, 0.3) is 10.8 Å². The Balaban J connectivity index is 1.64. The third kappa shape index (κ3) is 3.29. The van der Waals surface area contributed by atoms with Gasteiger partial charge in [-0.05, 0) is 28.5 Å². The van der Waals surface area contributed by atoms with Crippen molar-refractivity contribution < 1.29 is 9.53 Å². The van der Waals surface area contributed by atoms with Crippen molar-refractivity contribution in [2.45, 2.75) is 6.42 Å². The summed E-state index contributed by atoms with van der Waals surface area (Å²) in [7, 11) is 0. The highest BCUT2D eigenvalue weighted by Gasteiger charge is 2.07. The largest absolute Gasteiger partial charge is 0.462 e. The summed E-state index contributed by atoms with van der Waals surface area (Å²) in [5.41, 5.74) is 1.77. The minimum atomic E-state index is -0.267. The number of fused-ring (bicyclic) bond motifs is 1. The molecule has 0 aliphatic rings. The molecule has 0 amide bonds. The minimum absolute atomic E-state index is 0.267. The van der Waals surface area contributed by atoms with E-state index in [4.69, 9.17) is 4.74 Å². The third-order valence-corrected chi connectivity index (χ3v) is 3.45. The zero-order valence-electron chi connectivity index (χ0n) is 11.7. The fraction of sp³-hybridized carbons (Fsp3) is 0.105. The summed E-state index contributed by atoms with van der Waals surface area (Å²) < 4.78 is 5.34. The van der Waals surface area contributed by atoms with Gasteiger partial charge in [-0.25, -0.2) is 4.79 Å². The lowest BCUT2D eigenvalue weighted by molar-refractivity contribution is 0.0509. The molecule has 0 unspecified atom stereocenters. The molecule has 0 bridgehead atoms. The van der Waals surface area contributed by atoms with Crippen molar-refractivity contribution in [2.75, 3.05) is 6.61 Å². The topological polar surface area (TPSA) is 26.3 Å². The maximum atomic E-state index is 12.1. The van der Waals surface area contributed by atoms with E-state index in [1.54, 1.807) is 0 Å². The molecule has 0 aliphatic carbocycles. The molecule has 21 heavy (non-hydrogen) atoms. The van der Waals surface area contributed by atoms with Gasteiger partial charge in [-0.2, -0.15) is 0 Å². The smallest absolute Gasteiger partial charge is 0.338 e. The maximum Gasteiger partial charge on any atom is 0.338 e. The lowest BCUT2D eigenvalue weighted by Gasteiger charge is -2.06. The van der Waals surface area contributed by atoms with Crippen LogP contribution in [0.5, 0.6) is 0 Å². The van der Waals surface area contributed by atoms with Crippen molar-refractivity contribution in [2.24, 2.45) is 0 Å². The van der Waals surface area contributed by atoms with Crippen LogP contribution in [0, 0.1) is 0 Å². The second kappa shape index (κ2) is 6.23. The van der Waals surface area contributed by atoms with Crippen molar-refractivity contribution in [3.05, 3.63) is 83.9 Å². The molecule has 3 aromatic rings. The molecule has 0 aliphatic heterocycles. The van der Waals surface area contributed by atoms with E-state index in [-0.39, 0.29) is 5.97 Å². The lowest BCUT2D eigenvalue weighted by Crippen LogP contribution is -2.08. The summed E-state index contributed by atoms with van der Waals surface area (Å²) in [6.45, 7) is 0.398. The van der Waals surface area contributed by atoms with Gasteiger partial charge in [0.05, 0.1) is 12.2 Å². The Morgan fingerprint density at radius 1 is 0.810 bits per heavy atom. The predicted octanol–water partition coefficient (Wildman–Crippen LogP) is 4.24. The first kappa shape index (κ1) is 13.4. The molecule has 0 aromatic heterocycles. The number of esters is 1. The van der Waals surface area contributed by atoms with E-state index in [0.29, 0.717) is 12.2 Å². The number of ether oxygens (including phenoxy) is 1. The molecule has 3 aromatic carbocycles. The highest BCUT2D eigenvalue weighted by molar-refractivity contribution is 5.95. The molecular formula is C19H16O2. The fourth-order valence-corrected chi connectivity index (χ4v) is 2.31. The Labute approximate surface area is 124 Å². The quantitative estimate of drug-likeness (QED) is 0.666. The highest BCUT2D eigenvalue weighted by Crippen LogP contribution is 2.16. The van der Waals surface area contributed by atoms with E-state index in [1.165, 1.54) is 5.56 Å². The molecule has 0 spiro atoms. The molecule has 0 radical (unpaired) electrons. The molecular weight excluding hydrogens is 260 g/mol. The third-order valence-electron chi connectivity index (χ3n) is 3.45. The maximum absolute atomic E-state index is 12.1. The van der Waals surface area contributed by atoms with Crippen molar-refractivity contribution in [3.63, 3.8) is 0 Å². The Kier molecular flexibility index (Phi) is 3.97. The molecule has 3 rings (SSSR count). The summed E-state index contributed by atoms with van der Waals surface area (Å²) in [4.78, 5) is 12.1. The minimum Gasteiger partial charge on any atom is -0.462 e. The van der Waals surface area contributed by atoms with E-state index in [2.05, 4.69) is 0 Å². The van der Waals surface area contributed by atoms with E-state index in [0.717, 1.165) is 17.2 Å². The normalized spacial score (nSPS) is 10.5. The zero-order chi connectivity index (χ0) is 14.5. The molecule has 2 heteroatoms. The van der Waals surface area contributed by atoms with Crippen LogP contribution >= 0.6 is 0 Å². The molecule has 0 atom stereocenters. The van der Waals surface area contributed by atoms with Gasteiger partial charge in [0, 0.05) is 6.42 Å². The average molecular weight is 276 g/mol. The summed E-state index contributed by atoms with van der Waals surface area (Å²) in [5.74, 6) is -0.267. The SMILES string of the molecule is O=C(OCCc1ccccc1)c1ccc2ccccc2c1. The van der Waals surface area contributed by atoms with E-state index >= 15 is 0 Å². The Hall–Kier alpha value is -2.61. The van der Waals surface area contributed by atoms with Gasteiger partial charge in [0.15, 0.2) is 0 Å². The second-order valence-corrected chi connectivity index (χ2v) is 4.93. The molecule has 0 fully saturated rings. The van der Waals surface area contributed by atoms with Crippen LogP contribution in [0.2, 0.25) is 0 Å². The Morgan fingerprint density at radius 2 is 1.52 bits per heavy atom. The van der Waals surface area contributed by atoms with Crippen LogP contribution in [0.1, 0.15) is 15.9 Å². The van der Waals surface area contributed by atoms with Gasteiger partial charge in [-0.1, -0.05) is 60.7 Å². The summed E-state index contributed by atoms with van der Waals surface area (Å²) in [6, 6.07) is 23.6. The van der Waals surface area contributed by atoms with Crippen LogP contribution in [-0.2, 0) is 11.2 Å². The number of carbonyl (C=O) groups excluding carboxylic acids is 1. The first-order chi connectivity index (χ1) is 10.3. The number of benzene rings is 3. The van der Waals surface area contributed by atoms with Gasteiger partial charge in [-0.15, -0.1) is 0 Å². The van der Waals surface area contributed by atoms with E-state index < -0.39 is 0 Å². The molecule has 104 valence electrons. The van der Waals surface area contributed by atoms with Crippen molar-refractivity contribution >= 4 is 16.7 Å². The van der Waals surface area contributed by atoms with Crippen LogP contribution in [0.4, 0.5) is 0 Å². The van der Waals surface area contributed by atoms with Gasteiger partial charge in [0.1, 0.15) is 0 Å². The Bertz CT molecular complexity index is 748. The zero-order valence-corrected chi connectivity index (χ0v) is 11.7. The number of carbonyl (C=O) groups is 1. The first-order valence-corrected chi connectivity index (χ1v) is 7.03. The number of rotatable bonds is 4. The van der Waals surface area contributed by atoms with Crippen LogP contribution < -0.4 is 0 Å². The van der Waals surface area contributed by atoms with Crippen LogP contribution in [0.15, 0.2) is 72.8 Å². The number of hydrogen-bond donors (Lipinski definition) is 0. The van der Waals surface area contributed by atoms with Gasteiger partial charge >= 0.3 is 5.97 Å². The van der Waals surface area contributed by atoms with E-state index in [1.807, 2.05) is 72.8 Å². The van der Waals surface area contributed by atoms with E-state index in [9.17, 15) is 4.79 Å². The van der Waals surface area contributed by atoms with Gasteiger partial charge in [-0.3, -0.25) is 0 Å². The number of hydrogen-bond acceptors (Lipinski definition) is 2. The molecule has 2 nitrogen and oxygen atoms in total. The van der Waals surface area contributed by atoms with Crippen molar-refractivity contribution in [1.29, 1.82) is 0 Å². The molecule has 0 heterocycles. The standard InChI is InChI=1S/C19H16O2/c20-19(21-13-12-15-6-2-1-3-7-15)18-11-10-16-8-4-5-9-17(16)14-18/h1-11,14H,12-13H2. The van der Waals surface area contributed by atoms with Crippen LogP contribution in [-0.4, -0.2) is 12.6 Å². The highest BCUT2D eigenvalue weighted by atomic mass is 16.5. The monoisotopic (exact) mass is 276 g/mol. The van der Waals surface area contributed by atoms with Gasteiger partial charge in [0.2, 0.25) is 0 Å². The molecule has 0 saturated heterocycles. The molecule has 0 saturated carbocycles. The second-order valence-electron chi connectivity index (χ2n) is 4.93. The summed E-state index contributed by atoms with van der Waals surface area (Å²) in [5, 5.41) is 2.17. The summed E-state index contributed by atoms with van der Waals surface area (Å²) in [6.07, 6.45) is 0.736. The lowest BCUT2D eigenvalue weighted by atomic mass is 10.1. The van der Waals surface area contributed by atoms with Crippen molar-refractivity contribution in [3.8, 4) is 0 Å². The van der Waals surface area contributed by atoms with Gasteiger partial charge in [0.25, 0.3) is 0 Å². The summed E-state index contributed by atoms with van der Waals surface area (Å²) >= 11 is 0. The Morgan fingerprint density at radius 3 is 2.33 bits per heavy atom. The van der Waals surface area contributed by atoms with Crippen LogP contribution in [0.3, 0.4) is 0 Å². The fourth-order valence-electron chi connectivity index (χ4n) is 2.31.